The number of amides is 2. The molecule has 7 nitrogen and oxygen atoms in total. The minimum Gasteiger partial charge on any atom is -0.354 e. The van der Waals surface area contributed by atoms with E-state index in [1.165, 1.54) is 66.4 Å². The Morgan fingerprint density at radius 1 is 1.00 bits per heavy atom. The van der Waals surface area contributed by atoms with Gasteiger partial charge in [0.1, 0.15) is 24.2 Å². The van der Waals surface area contributed by atoms with Crippen molar-refractivity contribution in [2.45, 2.75) is 44.2 Å². The smallest absolute Gasteiger partial charge is 0.264 e. The number of nitrogens with zero attached hydrogens (tertiary/aromatic N) is 2. The van der Waals surface area contributed by atoms with Gasteiger partial charge in [0.15, 0.2) is 0 Å². The summed E-state index contributed by atoms with van der Waals surface area (Å²) in [6.45, 7) is 3.15. The van der Waals surface area contributed by atoms with Crippen LogP contribution < -0.4 is 9.62 Å². The Morgan fingerprint density at radius 3 is 2.28 bits per heavy atom. The lowest BCUT2D eigenvalue weighted by Gasteiger charge is -2.32. The largest absolute Gasteiger partial charge is 0.354 e. The van der Waals surface area contributed by atoms with Gasteiger partial charge < -0.3 is 10.2 Å². The highest BCUT2D eigenvalue weighted by molar-refractivity contribution is 7.92. The lowest BCUT2D eigenvalue weighted by atomic mass is 10.1. The number of rotatable bonds is 12. The topological polar surface area (TPSA) is 86.8 Å². The Kier molecular flexibility index (Phi) is 10.4. The zero-order valence-corrected chi connectivity index (χ0v) is 23.2. The van der Waals surface area contributed by atoms with Crippen molar-refractivity contribution < 1.29 is 26.8 Å². The third-order valence-corrected chi connectivity index (χ3v) is 8.14. The van der Waals surface area contributed by atoms with Crippen LogP contribution in [0, 0.1) is 11.6 Å². The molecule has 0 radical (unpaired) electrons. The van der Waals surface area contributed by atoms with Crippen molar-refractivity contribution in [3.8, 4) is 0 Å². The highest BCUT2D eigenvalue weighted by Gasteiger charge is 2.32. The minimum atomic E-state index is -4.30. The molecular formula is C28H30ClF2N3O4S. The molecule has 2 amide bonds. The number of benzene rings is 3. The number of carbonyl (C=O) groups excluding carboxylic acids is 2. The van der Waals surface area contributed by atoms with E-state index in [1.54, 1.807) is 6.07 Å². The van der Waals surface area contributed by atoms with E-state index in [1.807, 2.05) is 6.92 Å². The SMILES string of the molecule is CCCCNC(=O)C(C)N(Cc1ccc(F)cc1)C(=O)CN(c1ccc(F)c(Cl)c1)S(=O)(=O)c1ccccc1. The summed E-state index contributed by atoms with van der Waals surface area (Å²) in [4.78, 5) is 27.8. The fourth-order valence-electron chi connectivity index (χ4n) is 3.79. The third kappa shape index (κ3) is 7.77. The zero-order valence-electron chi connectivity index (χ0n) is 21.6. The second-order valence-corrected chi connectivity index (χ2v) is 11.2. The van der Waals surface area contributed by atoms with Crippen LogP contribution in [0.5, 0.6) is 0 Å². The molecule has 0 aromatic heterocycles. The first-order chi connectivity index (χ1) is 18.5. The molecule has 3 aromatic rings. The van der Waals surface area contributed by atoms with Gasteiger partial charge in [-0.1, -0.05) is 55.3 Å². The van der Waals surface area contributed by atoms with Crippen molar-refractivity contribution in [3.05, 3.63) is 95.0 Å². The molecule has 3 aromatic carbocycles. The van der Waals surface area contributed by atoms with E-state index in [4.69, 9.17) is 11.6 Å². The predicted octanol–water partition coefficient (Wildman–Crippen LogP) is 5.15. The monoisotopic (exact) mass is 577 g/mol. The molecule has 1 unspecified atom stereocenters. The normalized spacial score (nSPS) is 12.0. The van der Waals surface area contributed by atoms with Gasteiger partial charge in [-0.2, -0.15) is 0 Å². The second-order valence-electron chi connectivity index (χ2n) is 8.89. The second kappa shape index (κ2) is 13.5. The molecular weight excluding hydrogens is 548 g/mol. The Balaban J connectivity index is 2.00. The first-order valence-corrected chi connectivity index (χ1v) is 14.2. The first-order valence-electron chi connectivity index (χ1n) is 12.4. The van der Waals surface area contributed by atoms with Crippen molar-refractivity contribution in [2.75, 3.05) is 17.4 Å². The summed E-state index contributed by atoms with van der Waals surface area (Å²) in [7, 11) is -4.30. The number of carbonyl (C=O) groups is 2. The summed E-state index contributed by atoms with van der Waals surface area (Å²) in [5, 5.41) is 2.47. The predicted molar refractivity (Wildman–Crippen MR) is 147 cm³/mol. The Bertz CT molecular complexity index is 1390. The van der Waals surface area contributed by atoms with Crippen LogP contribution in [0.4, 0.5) is 14.5 Å². The molecule has 0 fully saturated rings. The standard InChI is InChI=1S/C28H30ClF2N3O4S/c1-3-4-16-32-28(36)20(2)33(18-21-10-12-22(30)13-11-21)27(35)19-34(23-14-15-26(31)25(29)17-23)39(37,38)24-8-6-5-7-9-24/h5-15,17,20H,3-4,16,18-19H2,1-2H3,(H,32,36). The summed E-state index contributed by atoms with van der Waals surface area (Å²) in [5.74, 6) is -2.33. The van der Waals surface area contributed by atoms with Crippen LogP contribution in [0.25, 0.3) is 0 Å². The molecule has 3 rings (SSSR count). The van der Waals surface area contributed by atoms with Crippen LogP contribution >= 0.6 is 11.6 Å². The van der Waals surface area contributed by atoms with Gasteiger partial charge in [-0.25, -0.2) is 17.2 Å². The number of halogens is 3. The van der Waals surface area contributed by atoms with Crippen molar-refractivity contribution in [1.29, 1.82) is 0 Å². The fraction of sp³-hybridized carbons (Fsp3) is 0.286. The van der Waals surface area contributed by atoms with Crippen LogP contribution in [-0.2, 0) is 26.2 Å². The molecule has 0 heterocycles. The Morgan fingerprint density at radius 2 is 1.67 bits per heavy atom. The van der Waals surface area contributed by atoms with E-state index in [0.717, 1.165) is 29.3 Å². The van der Waals surface area contributed by atoms with Crippen molar-refractivity contribution in [1.82, 2.24) is 10.2 Å². The van der Waals surface area contributed by atoms with Gasteiger partial charge in [0.25, 0.3) is 10.0 Å². The summed E-state index contributed by atoms with van der Waals surface area (Å²) in [5.41, 5.74) is 0.514. The average molecular weight is 578 g/mol. The summed E-state index contributed by atoms with van der Waals surface area (Å²) in [6, 6.07) is 15.3. The van der Waals surface area contributed by atoms with E-state index in [0.29, 0.717) is 12.1 Å². The van der Waals surface area contributed by atoms with Crippen LogP contribution in [0.2, 0.25) is 5.02 Å². The lowest BCUT2D eigenvalue weighted by molar-refractivity contribution is -0.139. The third-order valence-electron chi connectivity index (χ3n) is 6.06. The van der Waals surface area contributed by atoms with Crippen LogP contribution in [0.1, 0.15) is 32.3 Å². The number of sulfonamides is 1. The molecule has 208 valence electrons. The number of hydrogen-bond donors (Lipinski definition) is 1. The van der Waals surface area contributed by atoms with Crippen LogP contribution in [0.15, 0.2) is 77.7 Å². The van der Waals surface area contributed by atoms with E-state index < -0.39 is 46.1 Å². The Hall–Kier alpha value is -3.50. The van der Waals surface area contributed by atoms with E-state index in [9.17, 15) is 26.8 Å². The maximum atomic E-state index is 13.9. The molecule has 0 saturated heterocycles. The molecule has 1 atom stereocenters. The maximum absolute atomic E-state index is 13.9. The van der Waals surface area contributed by atoms with Gasteiger partial charge in [-0.05, 0) is 61.4 Å². The highest BCUT2D eigenvalue weighted by Crippen LogP contribution is 2.28. The molecule has 0 aliphatic carbocycles. The van der Waals surface area contributed by atoms with Gasteiger partial charge in [-0.15, -0.1) is 0 Å². The fourth-order valence-corrected chi connectivity index (χ4v) is 5.40. The van der Waals surface area contributed by atoms with E-state index >= 15 is 0 Å². The number of nitrogens with one attached hydrogen (secondary N) is 1. The quantitative estimate of drug-likeness (QED) is 0.302. The number of anilines is 1. The van der Waals surface area contributed by atoms with Gasteiger partial charge in [0, 0.05) is 13.1 Å². The van der Waals surface area contributed by atoms with Gasteiger partial charge in [0.2, 0.25) is 11.8 Å². The maximum Gasteiger partial charge on any atom is 0.264 e. The highest BCUT2D eigenvalue weighted by atomic mass is 35.5. The Labute approximate surface area is 232 Å². The molecule has 0 aliphatic heterocycles. The van der Waals surface area contributed by atoms with Gasteiger partial charge >= 0.3 is 0 Å². The first kappa shape index (κ1) is 30.0. The minimum absolute atomic E-state index is 0.0274. The van der Waals surface area contributed by atoms with Crippen molar-refractivity contribution in [2.24, 2.45) is 0 Å². The summed E-state index contributed by atoms with van der Waals surface area (Å²) in [6.07, 6.45) is 1.61. The molecule has 39 heavy (non-hydrogen) atoms. The number of hydrogen-bond acceptors (Lipinski definition) is 4. The summed E-state index contributed by atoms with van der Waals surface area (Å²) < 4.78 is 55.6. The molecule has 0 aliphatic rings. The molecule has 0 saturated carbocycles. The molecule has 0 spiro atoms. The molecule has 0 bridgehead atoms. The lowest BCUT2D eigenvalue weighted by Crippen LogP contribution is -2.51. The van der Waals surface area contributed by atoms with Crippen LogP contribution in [0.3, 0.4) is 0 Å². The van der Waals surface area contributed by atoms with Gasteiger partial charge in [-0.3, -0.25) is 13.9 Å². The van der Waals surface area contributed by atoms with Crippen molar-refractivity contribution in [3.63, 3.8) is 0 Å². The molecule has 11 heteroatoms. The zero-order chi connectivity index (χ0) is 28.6. The van der Waals surface area contributed by atoms with Crippen molar-refractivity contribution >= 4 is 39.1 Å². The van der Waals surface area contributed by atoms with Gasteiger partial charge in [0.05, 0.1) is 15.6 Å². The average Bonchev–Trinajstić information content (AvgIpc) is 2.93. The van der Waals surface area contributed by atoms with E-state index in [-0.39, 0.29) is 22.2 Å². The van der Waals surface area contributed by atoms with Crippen LogP contribution in [-0.4, -0.2) is 44.3 Å². The summed E-state index contributed by atoms with van der Waals surface area (Å²) >= 11 is 5.95. The van der Waals surface area contributed by atoms with E-state index in [2.05, 4.69) is 5.32 Å². The number of unbranched alkanes of at least 4 members (excludes halogenated alkanes) is 1. The molecule has 1 N–H and O–H groups in total.